The topological polar surface area (TPSA) is 58.2 Å². The molecule has 0 atom stereocenters. The zero-order valence-electron chi connectivity index (χ0n) is 33.6. The molecule has 6 aromatic rings. The second kappa shape index (κ2) is 18.9. The SMILES string of the molecule is CCCCCC1CCC(c2ccc(-c3ccc(Sc4cccc5c4C(=O)c4c(NCCc6ccccc6)ccc(NCCc6ccccc6)c4C5=O)cc3)cc2)CC1. The number of fused-ring (bicyclic) bond motifs is 2. The molecular weight excluding hydrogens is 729 g/mol. The van der Waals surface area contributed by atoms with Crippen molar-refractivity contribution in [2.75, 3.05) is 23.7 Å². The summed E-state index contributed by atoms with van der Waals surface area (Å²) < 4.78 is 0. The van der Waals surface area contributed by atoms with Gasteiger partial charge in [0.05, 0.1) is 11.1 Å². The smallest absolute Gasteiger partial charge is 0.197 e. The molecule has 0 bridgehead atoms. The van der Waals surface area contributed by atoms with Gasteiger partial charge in [-0.25, -0.2) is 0 Å². The Morgan fingerprint density at radius 3 is 1.71 bits per heavy atom. The van der Waals surface area contributed by atoms with Gasteiger partial charge in [0.25, 0.3) is 0 Å². The Morgan fingerprint density at radius 2 is 1.12 bits per heavy atom. The van der Waals surface area contributed by atoms with E-state index in [-0.39, 0.29) is 11.6 Å². The van der Waals surface area contributed by atoms with E-state index in [4.69, 9.17) is 0 Å². The highest BCUT2D eigenvalue weighted by Crippen LogP contribution is 2.42. The monoisotopic (exact) mass is 782 g/mol. The summed E-state index contributed by atoms with van der Waals surface area (Å²) in [4.78, 5) is 31.1. The molecule has 1 saturated carbocycles. The summed E-state index contributed by atoms with van der Waals surface area (Å²) >= 11 is 1.54. The van der Waals surface area contributed by atoms with Crippen LogP contribution in [0.15, 0.2) is 149 Å². The summed E-state index contributed by atoms with van der Waals surface area (Å²) in [5.41, 5.74) is 9.49. The third-order valence-corrected chi connectivity index (χ3v) is 13.2. The van der Waals surface area contributed by atoms with Gasteiger partial charge in [-0.15, -0.1) is 0 Å². The molecule has 8 rings (SSSR count). The Kier molecular flexibility index (Phi) is 12.9. The number of carbonyl (C=O) groups is 2. The van der Waals surface area contributed by atoms with Crippen molar-refractivity contribution in [3.8, 4) is 11.1 Å². The van der Waals surface area contributed by atoms with E-state index in [1.54, 1.807) is 17.8 Å². The molecular formula is C53H54N2O2S. The molecule has 0 aromatic heterocycles. The molecule has 2 N–H and O–H groups in total. The standard InChI is InChI=1S/C53H54N2O2S/c1-2-3-6-12-39-19-21-40(22-20-39)41-23-25-42(26-24-41)43-27-29-44(30-28-43)58-48-18-11-17-45-49(48)53(57)51-47(55-36-34-38-15-9-5-10-16-38)32-31-46(50(51)52(45)56)54-35-33-37-13-7-4-8-14-37/h4-5,7-11,13-18,23-32,39-40,54-55H,2-3,6,12,19-22,33-36H2,1H3. The lowest BCUT2D eigenvalue weighted by atomic mass is 9.77. The molecule has 0 radical (unpaired) electrons. The van der Waals surface area contributed by atoms with Crippen LogP contribution in [-0.2, 0) is 12.8 Å². The van der Waals surface area contributed by atoms with Gasteiger partial charge in [0.2, 0.25) is 0 Å². The average molecular weight is 783 g/mol. The largest absolute Gasteiger partial charge is 0.384 e. The van der Waals surface area contributed by atoms with Gasteiger partial charge in [-0.3, -0.25) is 9.59 Å². The van der Waals surface area contributed by atoms with Crippen LogP contribution < -0.4 is 10.6 Å². The van der Waals surface area contributed by atoms with Crippen molar-refractivity contribution < 1.29 is 9.59 Å². The van der Waals surface area contributed by atoms with Gasteiger partial charge in [0.1, 0.15) is 0 Å². The van der Waals surface area contributed by atoms with Gasteiger partial charge in [0, 0.05) is 45.4 Å². The molecule has 2 aliphatic rings. The predicted molar refractivity (Wildman–Crippen MR) is 242 cm³/mol. The van der Waals surface area contributed by atoms with Crippen LogP contribution in [0.25, 0.3) is 11.1 Å². The van der Waals surface area contributed by atoms with Gasteiger partial charge >= 0.3 is 0 Å². The summed E-state index contributed by atoms with van der Waals surface area (Å²) in [6, 6.07) is 48.0. The lowest BCUT2D eigenvalue weighted by molar-refractivity contribution is 0.0978. The number of carbonyl (C=O) groups excluding carboxylic acids is 2. The van der Waals surface area contributed by atoms with Gasteiger partial charge < -0.3 is 10.6 Å². The van der Waals surface area contributed by atoms with E-state index < -0.39 is 0 Å². The molecule has 0 heterocycles. The minimum atomic E-state index is -0.125. The molecule has 2 aliphatic carbocycles. The average Bonchev–Trinajstić information content (AvgIpc) is 3.27. The van der Waals surface area contributed by atoms with Crippen LogP contribution in [0.1, 0.15) is 113 Å². The number of rotatable bonds is 16. The molecule has 0 spiro atoms. The van der Waals surface area contributed by atoms with Crippen LogP contribution >= 0.6 is 11.8 Å². The molecule has 0 amide bonds. The maximum atomic E-state index is 14.8. The van der Waals surface area contributed by atoms with Crippen LogP contribution in [0.5, 0.6) is 0 Å². The van der Waals surface area contributed by atoms with E-state index in [2.05, 4.69) is 90.4 Å². The normalized spacial score (nSPS) is 16.1. The lowest BCUT2D eigenvalue weighted by Crippen LogP contribution is -2.25. The van der Waals surface area contributed by atoms with Crippen molar-refractivity contribution in [3.63, 3.8) is 0 Å². The summed E-state index contributed by atoms with van der Waals surface area (Å²) in [6.07, 6.45) is 12.4. The first kappa shape index (κ1) is 39.4. The van der Waals surface area contributed by atoms with Crippen molar-refractivity contribution >= 4 is 34.7 Å². The lowest BCUT2D eigenvalue weighted by Gasteiger charge is -2.29. The number of anilines is 2. The molecule has 0 aliphatic heterocycles. The Morgan fingerprint density at radius 1 is 0.552 bits per heavy atom. The van der Waals surface area contributed by atoms with Crippen LogP contribution in [0, 0.1) is 5.92 Å². The first-order valence-corrected chi connectivity index (χ1v) is 22.2. The quantitative estimate of drug-likeness (QED) is 0.0956. The Bertz CT molecular complexity index is 2310. The van der Waals surface area contributed by atoms with Gasteiger partial charge in [-0.05, 0) is 109 Å². The highest BCUT2D eigenvalue weighted by atomic mass is 32.2. The van der Waals surface area contributed by atoms with Crippen LogP contribution in [0.3, 0.4) is 0 Å². The molecule has 0 unspecified atom stereocenters. The molecule has 1 fully saturated rings. The second-order valence-corrected chi connectivity index (χ2v) is 17.1. The molecule has 58 heavy (non-hydrogen) atoms. The van der Waals surface area contributed by atoms with E-state index in [0.717, 1.165) is 28.6 Å². The summed E-state index contributed by atoms with van der Waals surface area (Å²) in [5, 5.41) is 7.04. The van der Waals surface area contributed by atoms with E-state index >= 15 is 0 Å². The van der Waals surface area contributed by atoms with E-state index in [1.165, 1.54) is 79.2 Å². The number of hydrogen-bond donors (Lipinski definition) is 2. The molecule has 0 saturated heterocycles. The van der Waals surface area contributed by atoms with Crippen LogP contribution in [-0.4, -0.2) is 24.7 Å². The number of unbranched alkanes of at least 4 members (excludes halogenated alkanes) is 2. The van der Waals surface area contributed by atoms with E-state index in [1.807, 2.05) is 60.7 Å². The van der Waals surface area contributed by atoms with Crippen molar-refractivity contribution in [2.45, 2.75) is 86.8 Å². The number of benzene rings is 6. The number of nitrogens with one attached hydrogen (secondary N) is 2. The Labute approximate surface area is 348 Å². The van der Waals surface area contributed by atoms with Crippen molar-refractivity contribution in [1.29, 1.82) is 0 Å². The molecule has 5 heteroatoms. The third-order valence-electron chi connectivity index (χ3n) is 12.2. The maximum Gasteiger partial charge on any atom is 0.197 e. The van der Waals surface area contributed by atoms with Crippen LogP contribution in [0.2, 0.25) is 0 Å². The van der Waals surface area contributed by atoms with Gasteiger partial charge in [-0.2, -0.15) is 0 Å². The molecule has 294 valence electrons. The first-order chi connectivity index (χ1) is 28.6. The van der Waals surface area contributed by atoms with Crippen molar-refractivity contribution in [2.24, 2.45) is 5.92 Å². The van der Waals surface area contributed by atoms with Gasteiger partial charge in [-0.1, -0.05) is 154 Å². The zero-order chi connectivity index (χ0) is 39.7. The van der Waals surface area contributed by atoms with Crippen molar-refractivity contribution in [3.05, 3.63) is 178 Å². The third kappa shape index (κ3) is 9.16. The second-order valence-electron chi connectivity index (χ2n) is 16.0. The molecule has 4 nitrogen and oxygen atoms in total. The fourth-order valence-corrected chi connectivity index (χ4v) is 9.88. The maximum absolute atomic E-state index is 14.8. The Balaban J connectivity index is 0.992. The highest BCUT2D eigenvalue weighted by Gasteiger charge is 2.36. The Hall–Kier alpha value is -5.39. The number of hydrogen-bond acceptors (Lipinski definition) is 5. The minimum Gasteiger partial charge on any atom is -0.384 e. The minimum absolute atomic E-state index is 0.122. The number of ketones is 2. The zero-order valence-corrected chi connectivity index (χ0v) is 34.5. The van der Waals surface area contributed by atoms with Crippen molar-refractivity contribution in [1.82, 2.24) is 0 Å². The fourth-order valence-electron chi connectivity index (χ4n) is 8.90. The fraction of sp³-hybridized carbons (Fsp3) is 0.283. The summed E-state index contributed by atoms with van der Waals surface area (Å²) in [5.74, 6) is 1.35. The predicted octanol–water partition coefficient (Wildman–Crippen LogP) is 13.4. The van der Waals surface area contributed by atoms with E-state index in [9.17, 15) is 9.59 Å². The highest BCUT2D eigenvalue weighted by molar-refractivity contribution is 7.99. The van der Waals surface area contributed by atoms with E-state index in [0.29, 0.717) is 52.6 Å². The van der Waals surface area contributed by atoms with Crippen LogP contribution in [0.4, 0.5) is 11.4 Å². The summed E-state index contributed by atoms with van der Waals surface area (Å²) in [7, 11) is 0. The van der Waals surface area contributed by atoms with Gasteiger partial charge in [0.15, 0.2) is 11.6 Å². The summed E-state index contributed by atoms with van der Waals surface area (Å²) in [6.45, 7) is 3.57. The molecule has 6 aromatic carbocycles. The first-order valence-electron chi connectivity index (χ1n) is 21.4.